The first-order chi connectivity index (χ1) is 13.9. The lowest BCUT2D eigenvalue weighted by Gasteiger charge is -2.18. The average Bonchev–Trinajstić information content (AvgIpc) is 3.10. The molecule has 1 heterocycles. The number of halogens is 2. The van der Waals surface area contributed by atoms with Gasteiger partial charge in [0.25, 0.3) is 0 Å². The number of carbonyl (C=O) groups is 1. The Labute approximate surface area is 170 Å². The molecule has 0 radical (unpaired) electrons. The minimum Gasteiger partial charge on any atom is -0.361 e. The Morgan fingerprint density at radius 3 is 2.62 bits per heavy atom. The molecule has 0 aliphatic rings. The number of hydrogen-bond acceptors (Lipinski definition) is 1. The van der Waals surface area contributed by atoms with E-state index in [0.29, 0.717) is 18.0 Å². The van der Waals surface area contributed by atoms with Gasteiger partial charge in [-0.1, -0.05) is 45.0 Å². The van der Waals surface area contributed by atoms with Gasteiger partial charge in [-0.15, -0.1) is 0 Å². The van der Waals surface area contributed by atoms with Crippen molar-refractivity contribution in [3.8, 4) is 0 Å². The summed E-state index contributed by atoms with van der Waals surface area (Å²) in [6.07, 6.45) is 3.69. The Hall–Kier alpha value is -2.69. The van der Waals surface area contributed by atoms with Crippen molar-refractivity contribution in [2.45, 2.75) is 46.0 Å². The van der Waals surface area contributed by atoms with Crippen molar-refractivity contribution in [1.29, 1.82) is 0 Å². The molecule has 0 unspecified atom stereocenters. The highest BCUT2D eigenvalue weighted by Crippen LogP contribution is 2.35. The summed E-state index contributed by atoms with van der Waals surface area (Å²) in [7, 11) is 0. The van der Waals surface area contributed by atoms with E-state index >= 15 is 0 Å². The van der Waals surface area contributed by atoms with Crippen LogP contribution >= 0.6 is 0 Å². The maximum absolute atomic E-state index is 14.7. The summed E-state index contributed by atoms with van der Waals surface area (Å²) in [5.41, 5.74) is 3.33. The highest BCUT2D eigenvalue weighted by atomic mass is 19.1. The average molecular weight is 398 g/mol. The van der Waals surface area contributed by atoms with Crippen molar-refractivity contribution in [3.63, 3.8) is 0 Å². The van der Waals surface area contributed by atoms with Gasteiger partial charge in [0, 0.05) is 42.0 Å². The number of para-hydroxylation sites is 1. The molecule has 5 heteroatoms. The molecule has 3 nitrogen and oxygen atoms in total. The van der Waals surface area contributed by atoms with Crippen LogP contribution in [0.25, 0.3) is 10.9 Å². The van der Waals surface area contributed by atoms with Crippen molar-refractivity contribution in [3.05, 3.63) is 70.9 Å². The van der Waals surface area contributed by atoms with E-state index in [4.69, 9.17) is 0 Å². The van der Waals surface area contributed by atoms with Crippen LogP contribution in [0.5, 0.6) is 0 Å². The molecule has 154 valence electrons. The number of aromatic amines is 1. The number of carbonyl (C=O) groups excluding carboxylic acids is 1. The molecule has 0 saturated heterocycles. The summed E-state index contributed by atoms with van der Waals surface area (Å²) < 4.78 is 28.1. The maximum Gasteiger partial charge on any atom is 0.220 e. The number of aryl methyl sites for hydroxylation is 1. The van der Waals surface area contributed by atoms with Gasteiger partial charge in [0.2, 0.25) is 5.91 Å². The van der Waals surface area contributed by atoms with Crippen LogP contribution in [-0.2, 0) is 11.2 Å². The predicted molar refractivity (Wildman–Crippen MR) is 113 cm³/mol. The van der Waals surface area contributed by atoms with Gasteiger partial charge in [-0.25, -0.2) is 8.78 Å². The summed E-state index contributed by atoms with van der Waals surface area (Å²) in [6, 6.07) is 9.57. The van der Waals surface area contributed by atoms with E-state index < -0.39 is 17.6 Å². The minimum atomic E-state index is -0.633. The zero-order chi connectivity index (χ0) is 21.0. The van der Waals surface area contributed by atoms with E-state index in [-0.39, 0.29) is 12.3 Å². The number of aromatic nitrogens is 1. The monoisotopic (exact) mass is 398 g/mol. The SMILES string of the molecule is CCc1cccc2c([C@H](CC(=O)NCCC(C)C)c3ccc(F)cc3F)c[nH]c12. The molecule has 0 bridgehead atoms. The first-order valence-electron chi connectivity index (χ1n) is 10.2. The first kappa shape index (κ1) is 21.0. The topological polar surface area (TPSA) is 44.9 Å². The molecule has 3 rings (SSSR count). The van der Waals surface area contributed by atoms with Crippen molar-refractivity contribution < 1.29 is 13.6 Å². The lowest BCUT2D eigenvalue weighted by atomic mass is 9.87. The molecule has 1 aromatic heterocycles. The molecular formula is C24H28F2N2O. The fourth-order valence-electron chi connectivity index (χ4n) is 3.75. The number of amides is 1. The van der Waals surface area contributed by atoms with Crippen molar-refractivity contribution >= 4 is 16.8 Å². The summed E-state index contributed by atoms with van der Waals surface area (Å²) >= 11 is 0. The molecule has 1 atom stereocenters. The smallest absolute Gasteiger partial charge is 0.220 e. The molecule has 29 heavy (non-hydrogen) atoms. The van der Waals surface area contributed by atoms with E-state index in [1.54, 1.807) is 0 Å². The highest BCUT2D eigenvalue weighted by Gasteiger charge is 2.24. The third kappa shape index (κ3) is 4.84. The van der Waals surface area contributed by atoms with Gasteiger partial charge in [0.15, 0.2) is 0 Å². The number of rotatable bonds is 8. The van der Waals surface area contributed by atoms with Crippen LogP contribution in [0.4, 0.5) is 8.78 Å². The van der Waals surface area contributed by atoms with Crippen LogP contribution in [0, 0.1) is 17.6 Å². The van der Waals surface area contributed by atoms with E-state index in [0.717, 1.165) is 40.9 Å². The van der Waals surface area contributed by atoms with Gasteiger partial charge in [-0.05, 0) is 41.5 Å². The molecule has 0 spiro atoms. The second-order valence-electron chi connectivity index (χ2n) is 7.89. The lowest BCUT2D eigenvalue weighted by Crippen LogP contribution is -2.27. The van der Waals surface area contributed by atoms with Crippen LogP contribution in [0.15, 0.2) is 42.6 Å². The Kier molecular flexibility index (Phi) is 6.68. The Morgan fingerprint density at radius 2 is 1.93 bits per heavy atom. The largest absolute Gasteiger partial charge is 0.361 e. The number of hydrogen-bond donors (Lipinski definition) is 2. The molecule has 2 N–H and O–H groups in total. The highest BCUT2D eigenvalue weighted by molar-refractivity contribution is 5.88. The van der Waals surface area contributed by atoms with E-state index in [1.165, 1.54) is 12.1 Å². The molecule has 2 aromatic carbocycles. The van der Waals surface area contributed by atoms with Gasteiger partial charge in [-0.2, -0.15) is 0 Å². The third-order valence-electron chi connectivity index (χ3n) is 5.36. The van der Waals surface area contributed by atoms with Crippen LogP contribution in [0.2, 0.25) is 0 Å². The third-order valence-corrected chi connectivity index (χ3v) is 5.36. The van der Waals surface area contributed by atoms with Crippen molar-refractivity contribution in [1.82, 2.24) is 10.3 Å². The van der Waals surface area contributed by atoms with Gasteiger partial charge in [0.05, 0.1) is 0 Å². The van der Waals surface area contributed by atoms with Crippen LogP contribution in [0.1, 0.15) is 56.2 Å². The van der Waals surface area contributed by atoms with Crippen LogP contribution in [0.3, 0.4) is 0 Å². The molecule has 0 aliphatic heterocycles. The molecule has 3 aromatic rings. The number of H-pyrrole nitrogens is 1. The standard InChI is InChI=1S/C24H28F2N2O/c1-4-16-6-5-7-19-21(14-28-24(16)19)20(13-23(29)27-11-10-15(2)3)18-9-8-17(25)12-22(18)26/h5-9,12,14-15,20,28H,4,10-11,13H2,1-3H3,(H,27,29)/t20-/m1/s1. The first-order valence-corrected chi connectivity index (χ1v) is 10.2. The zero-order valence-corrected chi connectivity index (χ0v) is 17.2. The summed E-state index contributed by atoms with van der Waals surface area (Å²) in [5.74, 6) is -1.41. The van der Waals surface area contributed by atoms with Gasteiger partial charge >= 0.3 is 0 Å². The van der Waals surface area contributed by atoms with E-state index in [2.05, 4.69) is 37.1 Å². The second-order valence-corrected chi connectivity index (χ2v) is 7.89. The van der Waals surface area contributed by atoms with Crippen LogP contribution in [-0.4, -0.2) is 17.4 Å². The Morgan fingerprint density at radius 1 is 1.14 bits per heavy atom. The zero-order valence-electron chi connectivity index (χ0n) is 17.2. The molecule has 0 aliphatic carbocycles. The minimum absolute atomic E-state index is 0.101. The van der Waals surface area contributed by atoms with Crippen LogP contribution < -0.4 is 5.32 Å². The van der Waals surface area contributed by atoms with Gasteiger partial charge in [-0.3, -0.25) is 4.79 Å². The predicted octanol–water partition coefficient (Wildman–Crippen LogP) is 5.69. The maximum atomic E-state index is 14.7. The van der Waals surface area contributed by atoms with E-state index in [1.807, 2.05) is 18.3 Å². The van der Waals surface area contributed by atoms with Crippen molar-refractivity contribution in [2.75, 3.05) is 6.54 Å². The van der Waals surface area contributed by atoms with Crippen molar-refractivity contribution in [2.24, 2.45) is 5.92 Å². The molecule has 0 fully saturated rings. The summed E-state index contributed by atoms with van der Waals surface area (Å²) in [6.45, 7) is 6.86. The molecular weight excluding hydrogens is 370 g/mol. The molecule has 0 saturated carbocycles. The van der Waals surface area contributed by atoms with E-state index in [9.17, 15) is 13.6 Å². The summed E-state index contributed by atoms with van der Waals surface area (Å²) in [5, 5.41) is 3.90. The number of fused-ring (bicyclic) bond motifs is 1. The Bertz CT molecular complexity index is 994. The summed E-state index contributed by atoms with van der Waals surface area (Å²) in [4.78, 5) is 15.9. The lowest BCUT2D eigenvalue weighted by molar-refractivity contribution is -0.121. The molecule has 1 amide bonds. The fourth-order valence-corrected chi connectivity index (χ4v) is 3.75. The fraction of sp³-hybridized carbons (Fsp3) is 0.375. The Balaban J connectivity index is 1.98. The quantitative estimate of drug-likeness (QED) is 0.503. The normalized spacial score (nSPS) is 12.5. The number of benzene rings is 2. The van der Waals surface area contributed by atoms with Gasteiger partial charge < -0.3 is 10.3 Å². The second kappa shape index (κ2) is 9.21. The van der Waals surface area contributed by atoms with Gasteiger partial charge in [0.1, 0.15) is 11.6 Å². The number of nitrogens with one attached hydrogen (secondary N) is 2.